The van der Waals surface area contributed by atoms with Gasteiger partial charge in [-0.2, -0.15) is 0 Å². The van der Waals surface area contributed by atoms with Crippen molar-refractivity contribution < 1.29 is 23.0 Å². The fourth-order valence-electron chi connectivity index (χ4n) is 2.70. The van der Waals surface area contributed by atoms with Crippen molar-refractivity contribution >= 4 is 11.7 Å². The molecule has 1 aromatic carbocycles. The van der Waals surface area contributed by atoms with E-state index in [0.29, 0.717) is 37.5 Å². The highest BCUT2D eigenvalue weighted by atomic mass is 19.1. The van der Waals surface area contributed by atoms with Crippen molar-refractivity contribution in [1.82, 2.24) is 9.88 Å². The van der Waals surface area contributed by atoms with E-state index in [9.17, 15) is 13.6 Å². The summed E-state index contributed by atoms with van der Waals surface area (Å²) in [5, 5.41) is 2.77. The third kappa shape index (κ3) is 4.38. The number of likely N-dealkylation sites (tertiary alicyclic amines) is 1. The van der Waals surface area contributed by atoms with Crippen LogP contribution in [0.5, 0.6) is 11.6 Å². The Kier molecular flexibility index (Phi) is 5.50. The Bertz CT molecular complexity index is 763. The highest BCUT2D eigenvalue weighted by Crippen LogP contribution is 2.23. The summed E-state index contributed by atoms with van der Waals surface area (Å²) in [5.74, 6) is -0.876. The summed E-state index contributed by atoms with van der Waals surface area (Å²) in [6, 6.07) is 6.36. The monoisotopic (exact) mass is 363 g/mol. The Balaban J connectivity index is 1.50. The second-order valence-corrected chi connectivity index (χ2v) is 5.90. The number of piperidine rings is 1. The van der Waals surface area contributed by atoms with Gasteiger partial charge in [0.25, 0.3) is 0 Å². The van der Waals surface area contributed by atoms with Crippen LogP contribution >= 0.6 is 0 Å². The number of urea groups is 1. The van der Waals surface area contributed by atoms with Gasteiger partial charge in [-0.25, -0.2) is 18.6 Å². The number of amides is 2. The molecule has 0 bridgehead atoms. The van der Waals surface area contributed by atoms with Crippen LogP contribution in [0.2, 0.25) is 0 Å². The second-order valence-electron chi connectivity index (χ2n) is 5.90. The highest BCUT2D eigenvalue weighted by molar-refractivity contribution is 5.89. The molecule has 2 aromatic rings. The topological polar surface area (TPSA) is 63.7 Å². The van der Waals surface area contributed by atoms with Crippen LogP contribution in [0, 0.1) is 11.6 Å². The molecule has 1 N–H and O–H groups in total. The molecular weight excluding hydrogens is 344 g/mol. The molecule has 1 aromatic heterocycles. The maximum Gasteiger partial charge on any atom is 0.321 e. The Hall–Kier alpha value is -2.90. The Morgan fingerprint density at radius 2 is 2.00 bits per heavy atom. The summed E-state index contributed by atoms with van der Waals surface area (Å²) in [6.07, 6.45) is 2.42. The first-order valence-corrected chi connectivity index (χ1v) is 8.23. The summed E-state index contributed by atoms with van der Waals surface area (Å²) < 4.78 is 37.1. The minimum Gasteiger partial charge on any atom is -0.487 e. The molecule has 0 radical (unpaired) electrons. The van der Waals surface area contributed by atoms with Gasteiger partial charge in [-0.15, -0.1) is 0 Å². The number of ether oxygens (including phenoxy) is 2. The molecule has 1 aliphatic heterocycles. The number of anilines is 1. The number of nitrogens with zero attached hydrogens (tertiary/aromatic N) is 2. The van der Waals surface area contributed by atoms with E-state index >= 15 is 0 Å². The predicted octanol–water partition coefficient (Wildman–Crippen LogP) is 3.44. The number of methoxy groups -OCH3 is 1. The molecule has 138 valence electrons. The molecule has 0 unspecified atom stereocenters. The summed E-state index contributed by atoms with van der Waals surface area (Å²) in [5.41, 5.74) is 0.572. The van der Waals surface area contributed by atoms with E-state index in [4.69, 9.17) is 9.47 Å². The van der Waals surface area contributed by atoms with E-state index in [1.807, 2.05) is 0 Å². The van der Waals surface area contributed by atoms with Gasteiger partial charge in [0.15, 0.2) is 11.6 Å². The number of rotatable bonds is 4. The zero-order chi connectivity index (χ0) is 18.5. The van der Waals surface area contributed by atoms with Crippen LogP contribution in [0.25, 0.3) is 0 Å². The molecule has 0 spiro atoms. The van der Waals surface area contributed by atoms with E-state index < -0.39 is 11.6 Å². The molecular formula is C18H19F2N3O3. The average Bonchev–Trinajstić information content (AvgIpc) is 2.65. The Morgan fingerprint density at radius 3 is 2.62 bits per heavy atom. The van der Waals surface area contributed by atoms with Crippen LogP contribution in [0.4, 0.5) is 19.3 Å². The minimum atomic E-state index is -0.725. The number of aromatic nitrogens is 1. The molecule has 2 amide bonds. The molecule has 8 heteroatoms. The SMILES string of the molecule is COc1ccc(NC(=O)N2CCC(Oc3ccc(F)cc3F)CC2)cn1. The fourth-order valence-corrected chi connectivity index (χ4v) is 2.70. The van der Waals surface area contributed by atoms with Crippen LogP contribution in [0.1, 0.15) is 12.8 Å². The van der Waals surface area contributed by atoms with Gasteiger partial charge in [-0.05, 0) is 18.2 Å². The third-order valence-corrected chi connectivity index (χ3v) is 4.11. The largest absolute Gasteiger partial charge is 0.487 e. The zero-order valence-corrected chi connectivity index (χ0v) is 14.2. The predicted molar refractivity (Wildman–Crippen MR) is 91.4 cm³/mol. The molecule has 0 atom stereocenters. The number of halogens is 2. The van der Waals surface area contributed by atoms with Crippen LogP contribution in [0.15, 0.2) is 36.5 Å². The lowest BCUT2D eigenvalue weighted by molar-refractivity contribution is 0.111. The van der Waals surface area contributed by atoms with E-state index in [1.165, 1.54) is 19.4 Å². The van der Waals surface area contributed by atoms with Crippen molar-refractivity contribution in [3.8, 4) is 11.6 Å². The van der Waals surface area contributed by atoms with Gasteiger partial charge in [-0.3, -0.25) is 0 Å². The minimum absolute atomic E-state index is 0.0265. The smallest absolute Gasteiger partial charge is 0.321 e. The quantitative estimate of drug-likeness (QED) is 0.904. The van der Waals surface area contributed by atoms with Gasteiger partial charge >= 0.3 is 6.03 Å². The number of carbonyl (C=O) groups excluding carboxylic acids is 1. The van der Waals surface area contributed by atoms with Gasteiger partial charge in [0.05, 0.1) is 19.0 Å². The van der Waals surface area contributed by atoms with Crippen LogP contribution in [-0.2, 0) is 0 Å². The van der Waals surface area contributed by atoms with Crippen molar-refractivity contribution in [1.29, 1.82) is 0 Å². The number of nitrogens with one attached hydrogen (secondary N) is 1. The summed E-state index contributed by atoms with van der Waals surface area (Å²) >= 11 is 0. The fraction of sp³-hybridized carbons (Fsp3) is 0.333. The first-order valence-electron chi connectivity index (χ1n) is 8.23. The number of pyridine rings is 1. The van der Waals surface area contributed by atoms with Crippen molar-refractivity contribution in [3.63, 3.8) is 0 Å². The summed E-state index contributed by atoms with van der Waals surface area (Å²) in [7, 11) is 1.52. The van der Waals surface area contributed by atoms with Crippen LogP contribution in [-0.4, -0.2) is 42.2 Å². The van der Waals surface area contributed by atoms with Gasteiger partial charge in [0.2, 0.25) is 5.88 Å². The van der Waals surface area contributed by atoms with E-state index in [1.54, 1.807) is 17.0 Å². The van der Waals surface area contributed by atoms with Gasteiger partial charge in [-0.1, -0.05) is 0 Å². The van der Waals surface area contributed by atoms with Crippen molar-refractivity contribution in [3.05, 3.63) is 48.2 Å². The molecule has 0 saturated carbocycles. The number of hydrogen-bond donors (Lipinski definition) is 1. The van der Waals surface area contributed by atoms with E-state index in [0.717, 1.165) is 12.1 Å². The third-order valence-electron chi connectivity index (χ3n) is 4.11. The molecule has 1 saturated heterocycles. The van der Waals surface area contributed by atoms with E-state index in [-0.39, 0.29) is 17.9 Å². The van der Waals surface area contributed by atoms with Crippen LogP contribution in [0.3, 0.4) is 0 Å². The average molecular weight is 363 g/mol. The lowest BCUT2D eigenvalue weighted by Gasteiger charge is -2.32. The van der Waals surface area contributed by atoms with Crippen molar-refractivity contribution in [2.24, 2.45) is 0 Å². The molecule has 0 aliphatic carbocycles. The van der Waals surface area contributed by atoms with Gasteiger partial charge in [0, 0.05) is 38.1 Å². The van der Waals surface area contributed by atoms with Crippen molar-refractivity contribution in [2.75, 3.05) is 25.5 Å². The maximum atomic E-state index is 13.7. The van der Waals surface area contributed by atoms with Gasteiger partial charge < -0.3 is 19.7 Å². The molecule has 3 rings (SSSR count). The molecule has 6 nitrogen and oxygen atoms in total. The number of hydrogen-bond acceptors (Lipinski definition) is 4. The normalized spacial score (nSPS) is 14.8. The van der Waals surface area contributed by atoms with Gasteiger partial charge in [0.1, 0.15) is 11.9 Å². The molecule has 26 heavy (non-hydrogen) atoms. The Morgan fingerprint density at radius 1 is 1.23 bits per heavy atom. The lowest BCUT2D eigenvalue weighted by Crippen LogP contribution is -2.43. The highest BCUT2D eigenvalue weighted by Gasteiger charge is 2.24. The number of carbonyl (C=O) groups is 1. The molecule has 1 aliphatic rings. The standard InChI is InChI=1S/C18H19F2N3O3/c1-25-17-5-3-13(11-21-17)22-18(24)23-8-6-14(7-9-23)26-16-4-2-12(19)10-15(16)20/h2-5,10-11,14H,6-9H2,1H3,(H,22,24). The van der Waals surface area contributed by atoms with Crippen LogP contribution < -0.4 is 14.8 Å². The summed E-state index contributed by atoms with van der Waals surface area (Å²) in [6.45, 7) is 0.950. The van der Waals surface area contributed by atoms with Crippen molar-refractivity contribution in [2.45, 2.75) is 18.9 Å². The lowest BCUT2D eigenvalue weighted by atomic mass is 10.1. The summed E-state index contributed by atoms with van der Waals surface area (Å²) in [4.78, 5) is 18.0. The Labute approximate surface area is 149 Å². The first kappa shape index (κ1) is 17.9. The molecule has 1 fully saturated rings. The maximum absolute atomic E-state index is 13.7. The second kappa shape index (κ2) is 7.99. The molecule has 2 heterocycles. The van der Waals surface area contributed by atoms with E-state index in [2.05, 4.69) is 10.3 Å². The first-order chi connectivity index (χ1) is 12.5. The number of benzene rings is 1. The zero-order valence-electron chi connectivity index (χ0n) is 14.2.